The number of hydrogen-bond donors (Lipinski definition) is 0. The van der Waals surface area contributed by atoms with Crippen molar-refractivity contribution in [2.75, 3.05) is 14.1 Å². The molecule has 10 heteroatoms. The fraction of sp³-hybridized carbons (Fsp3) is 0.231. The zero-order chi connectivity index (χ0) is 17.2. The van der Waals surface area contributed by atoms with E-state index in [9.17, 15) is 4.79 Å². The van der Waals surface area contributed by atoms with Crippen LogP contribution in [-0.2, 0) is 4.79 Å². The van der Waals surface area contributed by atoms with Gasteiger partial charge in [0, 0.05) is 25.3 Å². The Morgan fingerprint density at radius 1 is 1.22 bits per heavy atom. The highest BCUT2D eigenvalue weighted by atomic mass is 35.6. The molecule has 0 aliphatic carbocycles. The van der Waals surface area contributed by atoms with Crippen molar-refractivity contribution >= 4 is 57.8 Å². The first-order valence-corrected chi connectivity index (χ1v) is 7.76. The highest BCUT2D eigenvalue weighted by Gasteiger charge is 2.36. The number of carbonyl (C=O) groups excluding carboxylic acids is 1. The van der Waals surface area contributed by atoms with Gasteiger partial charge >= 0.3 is 0 Å². The lowest BCUT2D eigenvalue weighted by Gasteiger charge is -2.15. The third kappa shape index (κ3) is 4.35. The molecule has 6 nitrogen and oxygen atoms in total. The standard InChI is InChI=1S/C13H11Cl4N5O/c1-21(2)7-10(11(23)13(15,16)17)12-18-19-20-22(12)9-5-3-8(14)4-6-9/h3-7H,1-2H3. The van der Waals surface area contributed by atoms with Gasteiger partial charge in [-0.15, -0.1) is 5.10 Å². The molecule has 0 saturated carbocycles. The predicted molar refractivity (Wildman–Crippen MR) is 91.1 cm³/mol. The SMILES string of the molecule is CN(C)C=C(C(=O)C(Cl)(Cl)Cl)c1nnnn1-c1ccc(Cl)cc1. The largest absolute Gasteiger partial charge is 0.383 e. The van der Waals surface area contributed by atoms with Crippen molar-refractivity contribution in [3.63, 3.8) is 0 Å². The summed E-state index contributed by atoms with van der Waals surface area (Å²) in [7, 11) is 3.45. The summed E-state index contributed by atoms with van der Waals surface area (Å²) in [5.74, 6) is -0.585. The molecule has 122 valence electrons. The van der Waals surface area contributed by atoms with E-state index in [1.807, 2.05) is 0 Å². The molecular weight excluding hydrogens is 384 g/mol. The number of Topliss-reactive ketones (excluding diaryl/α,β-unsaturated/α-hetero) is 1. The average Bonchev–Trinajstić information content (AvgIpc) is 2.92. The van der Waals surface area contributed by atoms with E-state index in [0.29, 0.717) is 10.7 Å². The zero-order valence-electron chi connectivity index (χ0n) is 12.0. The maximum absolute atomic E-state index is 12.4. The van der Waals surface area contributed by atoms with Gasteiger partial charge in [-0.1, -0.05) is 46.4 Å². The van der Waals surface area contributed by atoms with Gasteiger partial charge in [-0.3, -0.25) is 4.79 Å². The number of aromatic nitrogens is 4. The molecule has 1 aromatic carbocycles. The number of halogens is 4. The van der Waals surface area contributed by atoms with Gasteiger partial charge in [-0.25, -0.2) is 0 Å². The number of tetrazole rings is 1. The first-order chi connectivity index (χ1) is 10.7. The van der Waals surface area contributed by atoms with E-state index in [-0.39, 0.29) is 11.4 Å². The van der Waals surface area contributed by atoms with Gasteiger partial charge in [0.15, 0.2) is 5.82 Å². The Hall–Kier alpha value is -1.34. The Kier molecular flexibility index (Phi) is 5.52. The Morgan fingerprint density at radius 2 is 1.83 bits per heavy atom. The van der Waals surface area contributed by atoms with E-state index in [1.165, 1.54) is 10.9 Å². The molecule has 0 spiro atoms. The smallest absolute Gasteiger partial charge is 0.253 e. The quantitative estimate of drug-likeness (QED) is 0.588. The molecule has 0 saturated heterocycles. The molecule has 23 heavy (non-hydrogen) atoms. The number of alkyl halides is 3. The van der Waals surface area contributed by atoms with Gasteiger partial charge in [-0.2, -0.15) is 4.68 Å². The van der Waals surface area contributed by atoms with Crippen LogP contribution in [0.15, 0.2) is 30.5 Å². The van der Waals surface area contributed by atoms with Crippen LogP contribution in [-0.4, -0.2) is 48.8 Å². The molecule has 0 atom stereocenters. The molecule has 0 amide bonds. The summed E-state index contributed by atoms with van der Waals surface area (Å²) in [5.41, 5.74) is 0.672. The van der Waals surface area contributed by atoms with E-state index >= 15 is 0 Å². The first-order valence-electron chi connectivity index (χ1n) is 6.24. The van der Waals surface area contributed by atoms with Crippen molar-refractivity contribution in [3.8, 4) is 5.69 Å². The fourth-order valence-corrected chi connectivity index (χ4v) is 2.17. The minimum atomic E-state index is -2.13. The summed E-state index contributed by atoms with van der Waals surface area (Å²) in [4.78, 5) is 14.0. The van der Waals surface area contributed by atoms with E-state index in [2.05, 4.69) is 15.5 Å². The number of ketones is 1. The van der Waals surface area contributed by atoms with Crippen molar-refractivity contribution in [1.82, 2.24) is 25.1 Å². The van der Waals surface area contributed by atoms with Crippen LogP contribution in [0.3, 0.4) is 0 Å². The molecule has 0 aliphatic heterocycles. The number of nitrogens with zero attached hydrogens (tertiary/aromatic N) is 5. The predicted octanol–water partition coefficient (Wildman–Crippen LogP) is 3.16. The van der Waals surface area contributed by atoms with Gasteiger partial charge in [-0.05, 0) is 34.7 Å². The monoisotopic (exact) mass is 393 g/mol. The summed E-state index contributed by atoms with van der Waals surface area (Å²) >= 11 is 23.0. The van der Waals surface area contributed by atoms with Crippen LogP contribution in [0.4, 0.5) is 0 Å². The van der Waals surface area contributed by atoms with Crippen molar-refractivity contribution in [1.29, 1.82) is 0 Å². The number of rotatable bonds is 4. The molecule has 1 aromatic heterocycles. The lowest BCUT2D eigenvalue weighted by molar-refractivity contribution is -0.113. The number of benzene rings is 1. The van der Waals surface area contributed by atoms with Gasteiger partial charge in [0.1, 0.15) is 0 Å². The van der Waals surface area contributed by atoms with Crippen LogP contribution in [0.25, 0.3) is 11.3 Å². The molecular formula is C13H11Cl4N5O. The Bertz CT molecular complexity index is 734. The minimum Gasteiger partial charge on any atom is -0.383 e. The normalized spacial score (nSPS) is 12.3. The molecule has 0 N–H and O–H groups in total. The van der Waals surface area contributed by atoms with Crippen LogP contribution >= 0.6 is 46.4 Å². The number of hydrogen-bond acceptors (Lipinski definition) is 5. The Morgan fingerprint density at radius 3 is 2.35 bits per heavy atom. The zero-order valence-corrected chi connectivity index (χ0v) is 15.1. The van der Waals surface area contributed by atoms with E-state index < -0.39 is 9.58 Å². The molecule has 0 aliphatic rings. The van der Waals surface area contributed by atoms with Crippen molar-refractivity contribution in [3.05, 3.63) is 41.3 Å². The summed E-state index contributed by atoms with van der Waals surface area (Å²) in [6.07, 6.45) is 1.49. The molecule has 0 bridgehead atoms. The molecule has 1 heterocycles. The number of allylic oxidation sites excluding steroid dienone is 1. The van der Waals surface area contributed by atoms with Crippen LogP contribution in [0.5, 0.6) is 0 Å². The van der Waals surface area contributed by atoms with Gasteiger partial charge < -0.3 is 4.90 Å². The molecule has 0 fully saturated rings. The average molecular weight is 395 g/mol. The van der Waals surface area contributed by atoms with Crippen LogP contribution in [0.1, 0.15) is 5.82 Å². The molecule has 2 rings (SSSR count). The molecule has 0 radical (unpaired) electrons. The third-order valence-corrected chi connectivity index (χ3v) is 3.44. The Balaban J connectivity index is 2.56. The van der Waals surface area contributed by atoms with Gasteiger partial charge in [0.2, 0.25) is 5.78 Å². The van der Waals surface area contributed by atoms with E-state index in [0.717, 1.165) is 0 Å². The number of carbonyl (C=O) groups is 1. The second-order valence-electron chi connectivity index (χ2n) is 4.72. The summed E-state index contributed by atoms with van der Waals surface area (Å²) in [5, 5.41) is 11.9. The first kappa shape index (κ1) is 18.0. The van der Waals surface area contributed by atoms with E-state index in [1.54, 1.807) is 43.3 Å². The fourth-order valence-electron chi connectivity index (χ4n) is 1.74. The second kappa shape index (κ2) is 7.05. The summed E-state index contributed by atoms with van der Waals surface area (Å²) in [6, 6.07) is 6.76. The maximum Gasteiger partial charge on any atom is 0.253 e. The molecule has 2 aromatic rings. The van der Waals surface area contributed by atoms with Gasteiger partial charge in [0.25, 0.3) is 3.79 Å². The maximum atomic E-state index is 12.4. The lowest BCUT2D eigenvalue weighted by atomic mass is 10.1. The van der Waals surface area contributed by atoms with Crippen LogP contribution < -0.4 is 0 Å². The van der Waals surface area contributed by atoms with Gasteiger partial charge in [0.05, 0.1) is 11.3 Å². The Labute approximate surface area is 152 Å². The highest BCUT2D eigenvalue weighted by molar-refractivity contribution is 6.79. The van der Waals surface area contributed by atoms with Crippen LogP contribution in [0.2, 0.25) is 5.02 Å². The third-order valence-electron chi connectivity index (χ3n) is 2.67. The van der Waals surface area contributed by atoms with Crippen molar-refractivity contribution in [2.24, 2.45) is 0 Å². The molecule has 0 unspecified atom stereocenters. The van der Waals surface area contributed by atoms with Crippen molar-refractivity contribution < 1.29 is 4.79 Å². The second-order valence-corrected chi connectivity index (χ2v) is 7.44. The topological polar surface area (TPSA) is 63.9 Å². The lowest BCUT2D eigenvalue weighted by Crippen LogP contribution is -2.23. The summed E-state index contributed by atoms with van der Waals surface area (Å²) < 4.78 is -0.765. The summed E-state index contributed by atoms with van der Waals surface area (Å²) in [6.45, 7) is 0. The highest BCUT2D eigenvalue weighted by Crippen LogP contribution is 2.33. The van der Waals surface area contributed by atoms with Crippen molar-refractivity contribution in [2.45, 2.75) is 3.79 Å². The minimum absolute atomic E-state index is 0.0648. The van der Waals surface area contributed by atoms with E-state index in [4.69, 9.17) is 46.4 Å². The van der Waals surface area contributed by atoms with Crippen LogP contribution in [0, 0.1) is 0 Å².